The van der Waals surface area contributed by atoms with Crippen molar-refractivity contribution in [2.24, 2.45) is 10.4 Å². The third-order valence-corrected chi connectivity index (χ3v) is 4.28. The highest BCUT2D eigenvalue weighted by Crippen LogP contribution is 2.24. The fraction of sp³-hybridized carbons (Fsp3) is 0.353. The molecule has 0 atom stereocenters. The lowest BCUT2D eigenvalue weighted by molar-refractivity contribution is -0.117. The first-order chi connectivity index (χ1) is 12.1. The second-order valence-electron chi connectivity index (χ2n) is 6.79. The molecule has 2 aromatic rings. The first-order valence-electron chi connectivity index (χ1n) is 7.68. The van der Waals surface area contributed by atoms with Gasteiger partial charge in [-0.1, -0.05) is 20.8 Å². The van der Waals surface area contributed by atoms with Crippen LogP contribution in [0.15, 0.2) is 28.7 Å². The Bertz CT molecular complexity index is 877. The molecule has 26 heavy (non-hydrogen) atoms. The summed E-state index contributed by atoms with van der Waals surface area (Å²) < 4.78 is 29.9. The Hall–Kier alpha value is -2.06. The molecule has 0 spiro atoms. The second kappa shape index (κ2) is 8.09. The van der Waals surface area contributed by atoms with E-state index in [0.29, 0.717) is 4.80 Å². The summed E-state index contributed by atoms with van der Waals surface area (Å²) in [5.41, 5.74) is -1.17. The number of aromatic nitrogens is 1. The number of benzene rings is 1. The molecule has 0 saturated heterocycles. The molecule has 1 N–H and O–H groups in total. The van der Waals surface area contributed by atoms with Gasteiger partial charge in [0, 0.05) is 23.6 Å². The van der Waals surface area contributed by atoms with Crippen LogP contribution in [0.25, 0.3) is 0 Å². The number of hydrogen-bond acceptors (Lipinski definition) is 3. The molecule has 1 aromatic heterocycles. The molecule has 2 amide bonds. The van der Waals surface area contributed by atoms with Gasteiger partial charge in [0.15, 0.2) is 16.4 Å². The molecule has 9 heteroatoms. The van der Waals surface area contributed by atoms with Crippen molar-refractivity contribution in [2.75, 3.05) is 5.32 Å². The summed E-state index contributed by atoms with van der Waals surface area (Å²) in [5.74, 6) is -3.40. The van der Waals surface area contributed by atoms with Gasteiger partial charge in [-0.05, 0) is 17.5 Å². The Labute approximate surface area is 158 Å². The van der Waals surface area contributed by atoms with E-state index >= 15 is 0 Å². The lowest BCUT2D eigenvalue weighted by atomic mass is 9.92. The Kier molecular flexibility index (Phi) is 6.30. The summed E-state index contributed by atoms with van der Waals surface area (Å²) in [6.07, 6.45) is 1.73. The van der Waals surface area contributed by atoms with Gasteiger partial charge in [0.2, 0.25) is 5.91 Å². The zero-order valence-corrected chi connectivity index (χ0v) is 16.0. The quantitative estimate of drug-likeness (QED) is 0.782. The van der Waals surface area contributed by atoms with Crippen LogP contribution in [0.2, 0.25) is 0 Å². The fourth-order valence-corrected chi connectivity index (χ4v) is 3.10. The molecule has 5 nitrogen and oxygen atoms in total. The first-order valence-corrected chi connectivity index (χ1v) is 9.10. The van der Waals surface area contributed by atoms with Gasteiger partial charge in [0.1, 0.15) is 5.69 Å². The largest absolute Gasteiger partial charge is 0.321 e. The number of halogens is 3. The number of carbonyl (C=O) groups is 2. The van der Waals surface area contributed by atoms with E-state index in [9.17, 15) is 18.4 Å². The van der Waals surface area contributed by atoms with Crippen molar-refractivity contribution in [3.05, 3.63) is 45.7 Å². The van der Waals surface area contributed by atoms with Crippen LogP contribution in [0, 0.1) is 17.0 Å². The molecule has 1 aromatic carbocycles. The van der Waals surface area contributed by atoms with Crippen molar-refractivity contribution in [1.29, 1.82) is 0 Å². The predicted molar refractivity (Wildman–Crippen MR) is 97.1 cm³/mol. The van der Waals surface area contributed by atoms with Crippen molar-refractivity contribution in [2.45, 2.75) is 33.2 Å². The second-order valence-corrected chi connectivity index (χ2v) is 7.90. The minimum absolute atomic E-state index is 0.0943. The van der Waals surface area contributed by atoms with E-state index in [1.54, 1.807) is 11.6 Å². The standard InChI is InChI=1S/C17H18ClF2N3O2S/c1-17(2,3)8-13(24)21-14-11(19)6-10(7-12(14)20)15(25)22-16-23(9-18)4-5-26-16/h4-7H,8-9H2,1-3H3,(H,21,24)/b22-16-. The third kappa shape index (κ3) is 5.22. The molecule has 2 rings (SSSR count). The van der Waals surface area contributed by atoms with Crippen LogP contribution in [0.3, 0.4) is 0 Å². The monoisotopic (exact) mass is 401 g/mol. The number of rotatable bonds is 4. The average molecular weight is 402 g/mol. The Balaban J connectivity index is 2.28. The summed E-state index contributed by atoms with van der Waals surface area (Å²) in [6.45, 7) is 5.50. The van der Waals surface area contributed by atoms with E-state index in [2.05, 4.69) is 10.3 Å². The van der Waals surface area contributed by atoms with Crippen LogP contribution < -0.4 is 10.1 Å². The van der Waals surface area contributed by atoms with Gasteiger partial charge >= 0.3 is 0 Å². The highest BCUT2D eigenvalue weighted by Gasteiger charge is 2.20. The Morgan fingerprint density at radius 2 is 1.88 bits per heavy atom. The molecule has 140 valence electrons. The highest BCUT2D eigenvalue weighted by molar-refractivity contribution is 7.07. The summed E-state index contributed by atoms with van der Waals surface area (Å²) in [7, 11) is 0. The smallest absolute Gasteiger partial charge is 0.279 e. The zero-order chi connectivity index (χ0) is 19.5. The van der Waals surface area contributed by atoms with E-state index in [4.69, 9.17) is 11.6 Å². The summed E-state index contributed by atoms with van der Waals surface area (Å²) in [6, 6.07) is 1.79. The van der Waals surface area contributed by atoms with E-state index < -0.39 is 29.1 Å². The van der Waals surface area contributed by atoms with Gasteiger partial charge in [-0.15, -0.1) is 22.9 Å². The molecule has 0 aliphatic heterocycles. The zero-order valence-electron chi connectivity index (χ0n) is 14.5. The number of nitrogens with zero attached hydrogens (tertiary/aromatic N) is 2. The van der Waals surface area contributed by atoms with Crippen molar-refractivity contribution >= 4 is 40.4 Å². The SMILES string of the molecule is CC(C)(C)CC(=O)Nc1c(F)cc(C(=O)/N=c2\sccn2CCl)cc1F. The number of anilines is 1. The maximum atomic E-state index is 14.2. The van der Waals surface area contributed by atoms with Crippen molar-refractivity contribution in [1.82, 2.24) is 4.57 Å². The lowest BCUT2D eigenvalue weighted by Crippen LogP contribution is -2.21. The van der Waals surface area contributed by atoms with Crippen molar-refractivity contribution < 1.29 is 18.4 Å². The van der Waals surface area contributed by atoms with Crippen LogP contribution in [0.5, 0.6) is 0 Å². The molecule has 0 bridgehead atoms. The van der Waals surface area contributed by atoms with Gasteiger partial charge in [-0.3, -0.25) is 9.59 Å². The molecule has 0 fully saturated rings. The van der Waals surface area contributed by atoms with E-state index in [0.717, 1.165) is 12.1 Å². The average Bonchev–Trinajstić information content (AvgIpc) is 2.96. The molecule has 0 radical (unpaired) electrons. The predicted octanol–water partition coefficient (Wildman–Crippen LogP) is 4.14. The van der Waals surface area contributed by atoms with Crippen molar-refractivity contribution in [3.63, 3.8) is 0 Å². The van der Waals surface area contributed by atoms with E-state index in [1.165, 1.54) is 15.9 Å². The minimum Gasteiger partial charge on any atom is -0.321 e. The third-order valence-electron chi connectivity index (χ3n) is 3.23. The van der Waals surface area contributed by atoms with Gasteiger partial charge in [-0.2, -0.15) is 4.99 Å². The van der Waals surface area contributed by atoms with Crippen LogP contribution in [0.1, 0.15) is 37.6 Å². The van der Waals surface area contributed by atoms with E-state index in [-0.39, 0.29) is 23.4 Å². The molecule has 1 heterocycles. The highest BCUT2D eigenvalue weighted by atomic mass is 35.5. The van der Waals surface area contributed by atoms with Crippen LogP contribution in [0.4, 0.5) is 14.5 Å². The molecule has 0 aliphatic rings. The van der Waals surface area contributed by atoms with Gasteiger partial charge in [0.05, 0.1) is 6.00 Å². The van der Waals surface area contributed by atoms with Crippen LogP contribution >= 0.6 is 22.9 Å². The van der Waals surface area contributed by atoms with Gasteiger partial charge in [0.25, 0.3) is 5.91 Å². The molecular weight excluding hydrogens is 384 g/mol. The molecule has 0 saturated carbocycles. The maximum Gasteiger partial charge on any atom is 0.279 e. The number of nitrogens with one attached hydrogen (secondary N) is 1. The molecule has 0 aliphatic carbocycles. The molecular formula is C17H18ClF2N3O2S. The topological polar surface area (TPSA) is 63.5 Å². The number of alkyl halides is 1. The first kappa shape index (κ1) is 20.3. The van der Waals surface area contributed by atoms with Crippen LogP contribution in [-0.2, 0) is 10.8 Å². The summed E-state index contributed by atoms with van der Waals surface area (Å²) in [5, 5.41) is 3.90. The van der Waals surface area contributed by atoms with E-state index in [1.807, 2.05) is 20.8 Å². The fourth-order valence-electron chi connectivity index (χ4n) is 2.11. The molecule has 0 unspecified atom stereocenters. The van der Waals surface area contributed by atoms with Gasteiger partial charge in [-0.25, -0.2) is 8.78 Å². The van der Waals surface area contributed by atoms with Gasteiger partial charge < -0.3 is 9.88 Å². The van der Waals surface area contributed by atoms with Crippen LogP contribution in [-0.4, -0.2) is 16.4 Å². The Morgan fingerprint density at radius 3 is 2.42 bits per heavy atom. The lowest BCUT2D eigenvalue weighted by Gasteiger charge is -2.17. The Morgan fingerprint density at radius 1 is 1.27 bits per heavy atom. The number of carbonyl (C=O) groups excluding carboxylic acids is 2. The minimum atomic E-state index is -1.04. The number of thiazole rings is 1. The summed E-state index contributed by atoms with van der Waals surface area (Å²) in [4.78, 5) is 28.2. The maximum absolute atomic E-state index is 14.2. The summed E-state index contributed by atoms with van der Waals surface area (Å²) >= 11 is 6.88. The normalized spacial score (nSPS) is 12.3. The van der Waals surface area contributed by atoms with Crippen molar-refractivity contribution in [3.8, 4) is 0 Å². The number of hydrogen-bond donors (Lipinski definition) is 1. The number of amides is 2.